The average Bonchev–Trinajstić information content (AvgIpc) is 2.35. The van der Waals surface area contributed by atoms with E-state index in [9.17, 15) is 5.11 Å². The van der Waals surface area contributed by atoms with Crippen molar-refractivity contribution in [3.8, 4) is 0 Å². The van der Waals surface area contributed by atoms with E-state index in [1.165, 1.54) is 5.56 Å². The summed E-state index contributed by atoms with van der Waals surface area (Å²) in [5.74, 6) is 0.521. The average molecular weight is 251 g/mol. The molecule has 3 unspecified atom stereocenters. The lowest BCUT2D eigenvalue weighted by atomic mass is 10.00. The highest BCUT2D eigenvalue weighted by Crippen LogP contribution is 2.22. The van der Waals surface area contributed by atoms with Crippen molar-refractivity contribution in [1.82, 2.24) is 0 Å². The van der Waals surface area contributed by atoms with Crippen molar-refractivity contribution < 1.29 is 9.84 Å². The van der Waals surface area contributed by atoms with Crippen molar-refractivity contribution >= 4 is 0 Å². The molecule has 18 heavy (non-hydrogen) atoms. The van der Waals surface area contributed by atoms with Crippen molar-refractivity contribution in [2.45, 2.75) is 51.9 Å². The van der Waals surface area contributed by atoms with Crippen LogP contribution in [0.5, 0.6) is 0 Å². The summed E-state index contributed by atoms with van der Waals surface area (Å²) < 4.78 is 5.77. The van der Waals surface area contributed by atoms with E-state index in [1.54, 1.807) is 6.92 Å². The van der Waals surface area contributed by atoms with Crippen molar-refractivity contribution in [3.63, 3.8) is 0 Å². The first-order chi connectivity index (χ1) is 8.45. The lowest BCUT2D eigenvalue weighted by Gasteiger charge is -2.23. The van der Waals surface area contributed by atoms with Gasteiger partial charge >= 0.3 is 0 Å². The largest absolute Gasteiger partial charge is 0.391 e. The van der Waals surface area contributed by atoms with Gasteiger partial charge in [-0.2, -0.15) is 0 Å². The monoisotopic (exact) mass is 251 g/mol. The summed E-state index contributed by atoms with van der Waals surface area (Å²) >= 11 is 0. The number of hydrogen-bond donors (Lipinski definition) is 2. The van der Waals surface area contributed by atoms with Gasteiger partial charge in [-0.3, -0.25) is 0 Å². The fraction of sp³-hybridized carbons (Fsp3) is 0.600. The molecule has 0 aliphatic heterocycles. The van der Waals surface area contributed by atoms with Gasteiger partial charge in [0.1, 0.15) is 0 Å². The number of ether oxygens (including phenoxy) is 1. The van der Waals surface area contributed by atoms with E-state index < -0.39 is 6.10 Å². The Morgan fingerprint density at radius 3 is 1.94 bits per heavy atom. The molecule has 1 rings (SSSR count). The molecule has 0 aromatic heterocycles. The minimum Gasteiger partial charge on any atom is -0.391 e. The number of rotatable bonds is 6. The fourth-order valence-corrected chi connectivity index (χ4v) is 1.74. The number of hydrogen-bond acceptors (Lipinski definition) is 3. The zero-order valence-corrected chi connectivity index (χ0v) is 11.8. The Balaban J connectivity index is 2.76. The first kappa shape index (κ1) is 15.2. The minimum atomic E-state index is -0.492. The van der Waals surface area contributed by atoms with Gasteiger partial charge in [0.05, 0.1) is 18.3 Å². The van der Waals surface area contributed by atoms with Crippen LogP contribution in [0.2, 0.25) is 0 Å². The molecule has 1 aromatic rings. The second kappa shape index (κ2) is 6.88. The molecular formula is C15H25NO2. The molecule has 0 radical (unpaired) electrons. The van der Waals surface area contributed by atoms with E-state index >= 15 is 0 Å². The number of nitrogens with two attached hydrogens (primary N) is 1. The quantitative estimate of drug-likeness (QED) is 0.817. The van der Waals surface area contributed by atoms with Gasteiger partial charge in [0.2, 0.25) is 0 Å². The fourth-order valence-electron chi connectivity index (χ4n) is 1.74. The first-order valence-electron chi connectivity index (χ1n) is 6.59. The first-order valence-corrected chi connectivity index (χ1v) is 6.59. The predicted molar refractivity (Wildman–Crippen MR) is 74.6 cm³/mol. The van der Waals surface area contributed by atoms with Crippen LogP contribution in [0, 0.1) is 0 Å². The molecule has 0 saturated carbocycles. The highest BCUT2D eigenvalue weighted by molar-refractivity contribution is 5.26. The number of aliphatic hydroxyl groups excluding tert-OH is 1. The van der Waals surface area contributed by atoms with Gasteiger partial charge in [0.25, 0.3) is 0 Å². The van der Waals surface area contributed by atoms with Crippen molar-refractivity contribution in [2.24, 2.45) is 5.73 Å². The van der Waals surface area contributed by atoms with Crippen LogP contribution in [0.1, 0.15) is 50.8 Å². The molecular weight excluding hydrogens is 226 g/mol. The minimum absolute atomic E-state index is 0.157. The van der Waals surface area contributed by atoms with Crippen molar-refractivity contribution in [3.05, 3.63) is 35.4 Å². The van der Waals surface area contributed by atoms with Crippen LogP contribution in [-0.4, -0.2) is 23.9 Å². The zero-order chi connectivity index (χ0) is 13.7. The van der Waals surface area contributed by atoms with E-state index in [4.69, 9.17) is 10.5 Å². The third kappa shape index (κ3) is 4.09. The van der Waals surface area contributed by atoms with Crippen LogP contribution in [-0.2, 0) is 4.74 Å². The van der Waals surface area contributed by atoms with E-state index in [-0.39, 0.29) is 12.2 Å². The maximum Gasteiger partial charge on any atom is 0.0952 e. The standard InChI is InChI=1S/C15H25NO2/c1-10(2)13-5-7-14(8-6-13)15(9-16)18-12(4)11(3)17/h5-8,10-12,15,17H,9,16H2,1-4H3. The molecule has 3 atom stereocenters. The maximum absolute atomic E-state index is 9.46. The Hall–Kier alpha value is -0.900. The van der Waals surface area contributed by atoms with E-state index in [2.05, 4.69) is 38.1 Å². The molecule has 3 nitrogen and oxygen atoms in total. The summed E-state index contributed by atoms with van der Waals surface area (Å²) in [6.07, 6.45) is -0.867. The molecule has 0 bridgehead atoms. The molecule has 0 fully saturated rings. The maximum atomic E-state index is 9.46. The van der Waals surface area contributed by atoms with Crippen LogP contribution in [0.15, 0.2) is 24.3 Å². The molecule has 0 aliphatic carbocycles. The smallest absolute Gasteiger partial charge is 0.0952 e. The van der Waals surface area contributed by atoms with E-state index in [1.807, 2.05) is 6.92 Å². The summed E-state index contributed by atoms with van der Waals surface area (Å²) in [6.45, 7) is 8.33. The van der Waals surface area contributed by atoms with Gasteiger partial charge < -0.3 is 15.6 Å². The van der Waals surface area contributed by atoms with Gasteiger partial charge in [0.15, 0.2) is 0 Å². The van der Waals surface area contributed by atoms with Gasteiger partial charge in [-0.1, -0.05) is 38.1 Å². The second-order valence-corrected chi connectivity index (χ2v) is 5.13. The Morgan fingerprint density at radius 2 is 1.56 bits per heavy atom. The van der Waals surface area contributed by atoms with Gasteiger partial charge in [-0.15, -0.1) is 0 Å². The summed E-state index contributed by atoms with van der Waals surface area (Å²) in [5, 5.41) is 9.46. The van der Waals surface area contributed by atoms with Crippen molar-refractivity contribution in [1.29, 1.82) is 0 Å². The molecule has 0 spiro atoms. The van der Waals surface area contributed by atoms with Crippen molar-refractivity contribution in [2.75, 3.05) is 6.54 Å². The van der Waals surface area contributed by atoms with Crippen LogP contribution in [0.25, 0.3) is 0 Å². The summed E-state index contributed by atoms with van der Waals surface area (Å²) in [5.41, 5.74) is 8.11. The highest BCUT2D eigenvalue weighted by Gasteiger charge is 2.17. The molecule has 0 amide bonds. The Kier molecular flexibility index (Phi) is 5.79. The normalized spacial score (nSPS) is 16.6. The SMILES string of the molecule is CC(C)c1ccc(C(CN)OC(C)C(C)O)cc1. The van der Waals surface area contributed by atoms with Crippen LogP contribution >= 0.6 is 0 Å². The van der Waals surface area contributed by atoms with E-state index in [0.29, 0.717) is 12.5 Å². The molecule has 0 aliphatic rings. The van der Waals surface area contributed by atoms with Crippen LogP contribution < -0.4 is 5.73 Å². The molecule has 102 valence electrons. The number of benzene rings is 1. The van der Waals surface area contributed by atoms with Crippen LogP contribution in [0.4, 0.5) is 0 Å². The lowest BCUT2D eigenvalue weighted by Crippen LogP contribution is -2.28. The van der Waals surface area contributed by atoms with Gasteiger partial charge in [0, 0.05) is 6.54 Å². The lowest BCUT2D eigenvalue weighted by molar-refractivity contribution is -0.0591. The topological polar surface area (TPSA) is 55.5 Å². The summed E-state index contributed by atoms with van der Waals surface area (Å²) in [6, 6.07) is 8.33. The molecule has 3 heteroatoms. The third-order valence-electron chi connectivity index (χ3n) is 3.25. The molecule has 1 aromatic carbocycles. The Bertz CT molecular complexity index is 346. The summed E-state index contributed by atoms with van der Waals surface area (Å²) in [7, 11) is 0. The van der Waals surface area contributed by atoms with Gasteiger partial charge in [-0.25, -0.2) is 0 Å². The zero-order valence-electron chi connectivity index (χ0n) is 11.8. The molecule has 3 N–H and O–H groups in total. The second-order valence-electron chi connectivity index (χ2n) is 5.13. The summed E-state index contributed by atoms with van der Waals surface area (Å²) in [4.78, 5) is 0. The van der Waals surface area contributed by atoms with Gasteiger partial charge in [-0.05, 0) is 30.9 Å². The third-order valence-corrected chi connectivity index (χ3v) is 3.25. The predicted octanol–water partition coefficient (Wildman–Crippen LogP) is 2.60. The molecule has 0 saturated heterocycles. The Morgan fingerprint density at radius 1 is 1.06 bits per heavy atom. The number of aliphatic hydroxyl groups is 1. The van der Waals surface area contributed by atoms with Crippen LogP contribution in [0.3, 0.4) is 0 Å². The Labute approximate surface area is 110 Å². The van der Waals surface area contributed by atoms with E-state index in [0.717, 1.165) is 5.56 Å². The highest BCUT2D eigenvalue weighted by atomic mass is 16.5. The molecule has 0 heterocycles.